The highest BCUT2D eigenvalue weighted by Gasteiger charge is 2.35. The monoisotopic (exact) mass is 385 g/mol. The van der Waals surface area contributed by atoms with Crippen LogP contribution in [0.3, 0.4) is 0 Å². The average Bonchev–Trinajstić information content (AvgIpc) is 2.88. The lowest BCUT2D eigenvalue weighted by molar-refractivity contribution is -0.128. The number of rotatable bonds is 7. The smallest absolute Gasteiger partial charge is 0.241 e. The summed E-state index contributed by atoms with van der Waals surface area (Å²) in [6, 6.07) is 0. The van der Waals surface area contributed by atoms with Crippen molar-refractivity contribution in [3.63, 3.8) is 0 Å². The molecule has 1 saturated heterocycles. The van der Waals surface area contributed by atoms with Crippen molar-refractivity contribution in [1.82, 2.24) is 23.9 Å². The molecule has 1 aliphatic rings. The van der Waals surface area contributed by atoms with E-state index in [4.69, 9.17) is 0 Å². The van der Waals surface area contributed by atoms with Crippen molar-refractivity contribution < 1.29 is 13.2 Å². The van der Waals surface area contributed by atoms with Crippen molar-refractivity contribution in [2.24, 2.45) is 0 Å². The van der Waals surface area contributed by atoms with Crippen LogP contribution in [0, 0.1) is 0 Å². The fraction of sp³-hybridized carbons (Fsp3) is 0.765. The minimum Gasteiger partial charge on any atom is -0.348 e. The Labute approximate surface area is 156 Å². The summed E-state index contributed by atoms with van der Waals surface area (Å²) in [5, 5.41) is 3.30. The molecule has 1 unspecified atom stereocenters. The van der Waals surface area contributed by atoms with Crippen molar-refractivity contribution in [3.8, 4) is 0 Å². The first-order chi connectivity index (χ1) is 12.3. The Balaban J connectivity index is 1.97. The van der Waals surface area contributed by atoms with Crippen LogP contribution in [0.25, 0.3) is 0 Å². The highest BCUT2D eigenvalue weighted by Crippen LogP contribution is 2.16. The summed E-state index contributed by atoms with van der Waals surface area (Å²) in [6.45, 7) is 7.63. The van der Waals surface area contributed by atoms with E-state index in [0.29, 0.717) is 19.6 Å². The second-order valence-electron chi connectivity index (χ2n) is 7.06. The Morgan fingerprint density at radius 3 is 2.65 bits per heavy atom. The fourth-order valence-electron chi connectivity index (χ4n) is 3.17. The van der Waals surface area contributed by atoms with Gasteiger partial charge in [-0.1, -0.05) is 6.92 Å². The molecule has 1 aliphatic heterocycles. The third kappa shape index (κ3) is 5.05. The van der Waals surface area contributed by atoms with Crippen LogP contribution in [0.5, 0.6) is 0 Å². The van der Waals surface area contributed by atoms with Gasteiger partial charge in [0.1, 0.15) is 0 Å². The number of sulfonamides is 1. The summed E-state index contributed by atoms with van der Waals surface area (Å²) >= 11 is 0. The zero-order chi connectivity index (χ0) is 19.3. The predicted octanol–water partition coefficient (Wildman–Crippen LogP) is 0.607. The van der Waals surface area contributed by atoms with Gasteiger partial charge >= 0.3 is 0 Å². The summed E-state index contributed by atoms with van der Waals surface area (Å²) in [5.74, 6) is -0.380. The zero-order valence-electron chi connectivity index (χ0n) is 16.3. The fourth-order valence-corrected chi connectivity index (χ4v) is 4.80. The number of carbonyl (C=O) groups is 1. The Kier molecular flexibility index (Phi) is 7.19. The summed E-state index contributed by atoms with van der Waals surface area (Å²) in [6.07, 6.45) is 5.74. The molecule has 2 heterocycles. The van der Waals surface area contributed by atoms with Gasteiger partial charge in [0.25, 0.3) is 0 Å². The molecule has 1 aromatic rings. The average molecular weight is 386 g/mol. The molecule has 0 aromatic carbocycles. The quantitative estimate of drug-likeness (QED) is 0.687. The highest BCUT2D eigenvalue weighted by molar-refractivity contribution is 7.90. The maximum Gasteiger partial charge on any atom is 0.241 e. The van der Waals surface area contributed by atoms with E-state index in [2.05, 4.69) is 23.1 Å². The normalized spacial score (nSPS) is 18.5. The van der Waals surface area contributed by atoms with Gasteiger partial charge in [0.05, 0.1) is 6.20 Å². The van der Waals surface area contributed by atoms with E-state index < -0.39 is 15.3 Å². The lowest BCUT2D eigenvalue weighted by atomic mass is 10.3. The SMILES string of the molecule is CCCn1cc(CN2CCCN(S(=O)(=O)C(C)C(=O)N(C)C)CC2)cn1. The van der Waals surface area contributed by atoms with Crippen LogP contribution in [0.2, 0.25) is 0 Å². The summed E-state index contributed by atoms with van der Waals surface area (Å²) in [7, 11) is -0.469. The molecule has 8 nitrogen and oxygen atoms in total. The molecule has 1 aromatic heterocycles. The van der Waals surface area contributed by atoms with E-state index in [1.54, 1.807) is 14.1 Å². The van der Waals surface area contributed by atoms with E-state index in [9.17, 15) is 13.2 Å². The molecule has 0 saturated carbocycles. The van der Waals surface area contributed by atoms with Crippen molar-refractivity contribution in [2.45, 2.75) is 45.0 Å². The van der Waals surface area contributed by atoms with Crippen molar-refractivity contribution in [3.05, 3.63) is 18.0 Å². The van der Waals surface area contributed by atoms with Gasteiger partial charge in [-0.05, 0) is 26.3 Å². The predicted molar refractivity (Wildman–Crippen MR) is 101 cm³/mol. The van der Waals surface area contributed by atoms with E-state index in [0.717, 1.165) is 38.0 Å². The number of nitrogens with zero attached hydrogens (tertiary/aromatic N) is 5. The molecule has 0 spiro atoms. The lowest BCUT2D eigenvalue weighted by Crippen LogP contribution is -2.46. The topological polar surface area (TPSA) is 78.8 Å². The Morgan fingerprint density at radius 2 is 2.00 bits per heavy atom. The molecule has 9 heteroatoms. The van der Waals surface area contributed by atoms with Crippen LogP contribution in [0.4, 0.5) is 0 Å². The molecule has 1 atom stereocenters. The van der Waals surface area contributed by atoms with Gasteiger partial charge < -0.3 is 4.90 Å². The van der Waals surface area contributed by atoms with E-state index >= 15 is 0 Å². The summed E-state index contributed by atoms with van der Waals surface area (Å²) < 4.78 is 29.0. The second-order valence-corrected chi connectivity index (χ2v) is 9.31. The first-order valence-electron chi connectivity index (χ1n) is 9.19. The largest absolute Gasteiger partial charge is 0.348 e. The maximum absolute atomic E-state index is 12.8. The molecule has 0 radical (unpaired) electrons. The van der Waals surface area contributed by atoms with Crippen molar-refractivity contribution in [1.29, 1.82) is 0 Å². The van der Waals surface area contributed by atoms with Crippen LogP contribution in [0.15, 0.2) is 12.4 Å². The zero-order valence-corrected chi connectivity index (χ0v) is 17.1. The Hall–Kier alpha value is -1.45. The number of aromatic nitrogens is 2. The molecule has 2 rings (SSSR count). The summed E-state index contributed by atoms with van der Waals surface area (Å²) in [5.41, 5.74) is 1.14. The van der Waals surface area contributed by atoms with E-state index in [-0.39, 0.29) is 5.91 Å². The van der Waals surface area contributed by atoms with E-state index in [1.165, 1.54) is 16.1 Å². The number of aryl methyl sites for hydroxylation is 1. The molecule has 26 heavy (non-hydrogen) atoms. The maximum atomic E-state index is 12.8. The van der Waals surface area contributed by atoms with Gasteiger partial charge in [0.15, 0.2) is 5.25 Å². The third-order valence-electron chi connectivity index (χ3n) is 4.69. The molecule has 0 bridgehead atoms. The van der Waals surface area contributed by atoms with Crippen LogP contribution < -0.4 is 0 Å². The molecule has 1 fully saturated rings. The van der Waals surface area contributed by atoms with Crippen LogP contribution in [-0.4, -0.2) is 83.7 Å². The molecule has 0 aliphatic carbocycles. The van der Waals surface area contributed by atoms with Crippen LogP contribution >= 0.6 is 0 Å². The van der Waals surface area contributed by atoms with Gasteiger partial charge in [-0.2, -0.15) is 9.40 Å². The third-order valence-corrected chi connectivity index (χ3v) is 6.87. The standard InChI is InChI=1S/C17H31N5O3S/c1-5-7-21-14-16(12-18-21)13-20-8-6-9-22(11-10-20)26(24,25)15(2)17(23)19(3)4/h12,14-15H,5-11,13H2,1-4H3. The summed E-state index contributed by atoms with van der Waals surface area (Å²) in [4.78, 5) is 15.7. The number of carbonyl (C=O) groups excluding carboxylic acids is 1. The van der Waals surface area contributed by atoms with Gasteiger partial charge in [-0.15, -0.1) is 0 Å². The Bertz CT molecular complexity index is 701. The van der Waals surface area contributed by atoms with Crippen LogP contribution in [0.1, 0.15) is 32.3 Å². The molecular formula is C17H31N5O3S. The van der Waals surface area contributed by atoms with Gasteiger partial charge in [-0.3, -0.25) is 14.4 Å². The van der Waals surface area contributed by atoms with Gasteiger partial charge in [0.2, 0.25) is 15.9 Å². The molecular weight excluding hydrogens is 354 g/mol. The molecule has 1 amide bonds. The van der Waals surface area contributed by atoms with Crippen molar-refractivity contribution in [2.75, 3.05) is 40.3 Å². The minimum absolute atomic E-state index is 0.380. The number of amides is 1. The van der Waals surface area contributed by atoms with Crippen LogP contribution in [-0.2, 0) is 27.9 Å². The van der Waals surface area contributed by atoms with Gasteiger partial charge in [-0.25, -0.2) is 8.42 Å². The Morgan fingerprint density at radius 1 is 1.27 bits per heavy atom. The van der Waals surface area contributed by atoms with E-state index in [1.807, 2.05) is 10.9 Å². The molecule has 148 valence electrons. The first kappa shape index (κ1) is 20.9. The van der Waals surface area contributed by atoms with Gasteiger partial charge in [0, 0.05) is 58.6 Å². The molecule has 0 N–H and O–H groups in total. The second kappa shape index (κ2) is 8.96. The lowest BCUT2D eigenvalue weighted by Gasteiger charge is -2.25. The number of hydrogen-bond donors (Lipinski definition) is 0. The van der Waals surface area contributed by atoms with Crippen molar-refractivity contribution >= 4 is 15.9 Å². The minimum atomic E-state index is -3.63. The first-order valence-corrected chi connectivity index (χ1v) is 10.7. The number of hydrogen-bond acceptors (Lipinski definition) is 5. The highest BCUT2D eigenvalue weighted by atomic mass is 32.2.